The number of hydrogen-bond donors (Lipinski definition) is 2. The summed E-state index contributed by atoms with van der Waals surface area (Å²) in [6.07, 6.45) is 3.43. The standard InChI is InChI=1S/C18H16BrClF2N2O3/c19-15-8-11(9-23-16(15)10-1-4-13(25)7-10)17(26)24-12-2-5-14(6-3-12)27-18(20,21)22/h2-3,5-6,8-10,13,25H,1,4,7H2,(H,24,26)/t10?,13-/m1/s1. The molecule has 1 unspecified atom stereocenters. The number of pyridine rings is 1. The van der Waals surface area contributed by atoms with Gasteiger partial charge in [0.05, 0.1) is 17.4 Å². The van der Waals surface area contributed by atoms with Crippen LogP contribution in [0, 0.1) is 0 Å². The largest absolute Gasteiger partial charge is 0.487 e. The number of aliphatic hydroxyl groups excluding tert-OH is 1. The Morgan fingerprint density at radius 3 is 2.59 bits per heavy atom. The van der Waals surface area contributed by atoms with Gasteiger partial charge in [-0.15, -0.1) is 8.78 Å². The van der Waals surface area contributed by atoms with E-state index in [0.29, 0.717) is 22.1 Å². The van der Waals surface area contributed by atoms with Crippen LogP contribution in [0.2, 0.25) is 0 Å². The first-order valence-electron chi connectivity index (χ1n) is 8.22. The van der Waals surface area contributed by atoms with Gasteiger partial charge in [-0.1, -0.05) is 0 Å². The molecule has 144 valence electrons. The van der Waals surface area contributed by atoms with Crippen molar-refractivity contribution in [2.75, 3.05) is 5.32 Å². The van der Waals surface area contributed by atoms with Gasteiger partial charge < -0.3 is 15.2 Å². The van der Waals surface area contributed by atoms with Gasteiger partial charge in [-0.05, 0) is 65.5 Å². The molecule has 1 fully saturated rings. The van der Waals surface area contributed by atoms with Gasteiger partial charge in [0.1, 0.15) is 5.75 Å². The normalized spacial score (nSPS) is 19.7. The highest BCUT2D eigenvalue weighted by Gasteiger charge is 2.28. The van der Waals surface area contributed by atoms with E-state index in [1.54, 1.807) is 6.07 Å². The lowest BCUT2D eigenvalue weighted by Crippen LogP contribution is -2.16. The number of alkyl halides is 3. The van der Waals surface area contributed by atoms with Crippen molar-refractivity contribution in [2.45, 2.75) is 36.9 Å². The molecule has 0 spiro atoms. The van der Waals surface area contributed by atoms with E-state index < -0.39 is 11.5 Å². The molecule has 2 aromatic rings. The molecule has 1 heterocycles. The van der Waals surface area contributed by atoms with E-state index in [1.807, 2.05) is 0 Å². The number of hydrogen-bond acceptors (Lipinski definition) is 4. The van der Waals surface area contributed by atoms with Crippen LogP contribution in [0.4, 0.5) is 14.5 Å². The quantitative estimate of drug-likeness (QED) is 0.622. The van der Waals surface area contributed by atoms with Crippen LogP contribution in [-0.2, 0) is 0 Å². The van der Waals surface area contributed by atoms with Gasteiger partial charge in [0.2, 0.25) is 0 Å². The lowest BCUT2D eigenvalue weighted by Gasteiger charge is -2.13. The number of aliphatic hydroxyl groups is 1. The molecule has 2 N–H and O–H groups in total. The maximum atomic E-state index is 12.6. The molecule has 2 atom stereocenters. The molecular weight excluding hydrogens is 446 g/mol. The van der Waals surface area contributed by atoms with Crippen LogP contribution in [0.1, 0.15) is 41.2 Å². The van der Waals surface area contributed by atoms with Crippen molar-refractivity contribution in [2.24, 2.45) is 0 Å². The van der Waals surface area contributed by atoms with Crippen LogP contribution in [-0.4, -0.2) is 27.7 Å². The molecule has 0 bridgehead atoms. The van der Waals surface area contributed by atoms with Gasteiger partial charge >= 0.3 is 5.57 Å². The molecule has 9 heteroatoms. The predicted molar refractivity (Wildman–Crippen MR) is 100 cm³/mol. The minimum Gasteiger partial charge on any atom is -0.420 e. The second-order valence-electron chi connectivity index (χ2n) is 6.28. The molecule has 0 saturated heterocycles. The molecular formula is C18H16BrClF2N2O3. The molecule has 1 amide bonds. The summed E-state index contributed by atoms with van der Waals surface area (Å²) in [6.45, 7) is 0. The Bertz CT molecular complexity index is 830. The summed E-state index contributed by atoms with van der Waals surface area (Å²) in [5, 5.41) is 12.3. The Morgan fingerprint density at radius 2 is 2.04 bits per heavy atom. The maximum Gasteiger partial charge on any atom is 0.487 e. The molecule has 1 aliphatic carbocycles. The average Bonchev–Trinajstić information content (AvgIpc) is 3.01. The lowest BCUT2D eigenvalue weighted by molar-refractivity contribution is -0.0964. The minimum absolute atomic E-state index is 0.125. The predicted octanol–water partition coefficient (Wildman–Crippen LogP) is 4.89. The molecule has 1 aliphatic rings. The first-order valence-corrected chi connectivity index (χ1v) is 9.39. The van der Waals surface area contributed by atoms with Crippen LogP contribution < -0.4 is 10.1 Å². The zero-order chi connectivity index (χ0) is 19.6. The fourth-order valence-electron chi connectivity index (χ4n) is 3.02. The number of anilines is 1. The van der Waals surface area contributed by atoms with E-state index in [9.17, 15) is 18.7 Å². The van der Waals surface area contributed by atoms with Crippen LogP contribution in [0.5, 0.6) is 5.75 Å². The summed E-state index contributed by atoms with van der Waals surface area (Å²) in [7, 11) is 0. The third kappa shape index (κ3) is 5.37. The monoisotopic (exact) mass is 460 g/mol. The van der Waals surface area contributed by atoms with Gasteiger partial charge in [0.15, 0.2) is 0 Å². The fraction of sp³-hybridized carbons (Fsp3) is 0.333. The summed E-state index contributed by atoms with van der Waals surface area (Å²) in [6, 6.07) is 7.07. The Morgan fingerprint density at radius 1 is 1.33 bits per heavy atom. The minimum atomic E-state index is -3.79. The zero-order valence-corrected chi connectivity index (χ0v) is 16.3. The van der Waals surface area contributed by atoms with Crippen molar-refractivity contribution >= 4 is 39.1 Å². The Kier molecular flexibility index (Phi) is 5.98. The van der Waals surface area contributed by atoms with Crippen LogP contribution in [0.25, 0.3) is 0 Å². The number of benzene rings is 1. The van der Waals surface area contributed by atoms with Crippen LogP contribution >= 0.6 is 27.5 Å². The van der Waals surface area contributed by atoms with Crippen molar-refractivity contribution in [3.05, 3.63) is 52.3 Å². The first kappa shape index (κ1) is 20.0. The van der Waals surface area contributed by atoms with E-state index in [-0.39, 0.29) is 17.8 Å². The fourth-order valence-corrected chi connectivity index (χ4v) is 3.78. The van der Waals surface area contributed by atoms with E-state index in [4.69, 9.17) is 11.6 Å². The smallest absolute Gasteiger partial charge is 0.420 e. The first-order chi connectivity index (χ1) is 12.7. The van der Waals surface area contributed by atoms with Gasteiger partial charge in [0.25, 0.3) is 5.91 Å². The van der Waals surface area contributed by atoms with Gasteiger partial charge in [-0.3, -0.25) is 9.78 Å². The third-order valence-corrected chi connectivity index (χ3v) is 4.98. The number of rotatable bonds is 5. The molecule has 0 radical (unpaired) electrons. The lowest BCUT2D eigenvalue weighted by atomic mass is 10.0. The Balaban J connectivity index is 1.66. The molecule has 1 aromatic carbocycles. The van der Waals surface area contributed by atoms with Crippen molar-refractivity contribution in [1.82, 2.24) is 4.98 Å². The number of halogens is 4. The van der Waals surface area contributed by atoms with Crippen molar-refractivity contribution < 1.29 is 23.4 Å². The zero-order valence-electron chi connectivity index (χ0n) is 14.0. The molecule has 1 aromatic heterocycles. The van der Waals surface area contributed by atoms with Gasteiger partial charge in [-0.25, -0.2) is 0 Å². The molecule has 1 saturated carbocycles. The van der Waals surface area contributed by atoms with Crippen molar-refractivity contribution in [3.8, 4) is 5.75 Å². The highest BCUT2D eigenvalue weighted by molar-refractivity contribution is 9.10. The second kappa shape index (κ2) is 8.08. The molecule has 3 rings (SSSR count). The molecule has 5 nitrogen and oxygen atoms in total. The van der Waals surface area contributed by atoms with E-state index >= 15 is 0 Å². The average molecular weight is 462 g/mol. The van der Waals surface area contributed by atoms with E-state index in [0.717, 1.165) is 18.5 Å². The summed E-state index contributed by atoms with van der Waals surface area (Å²) in [5.74, 6) is -0.350. The molecule has 0 aliphatic heterocycles. The number of aromatic nitrogens is 1. The SMILES string of the molecule is O=C(Nc1ccc(OC(F)(F)Cl)cc1)c1cnc(C2CC[C@@H](O)C2)c(Br)c1. The number of carbonyl (C=O) groups is 1. The van der Waals surface area contributed by atoms with E-state index in [1.165, 1.54) is 30.5 Å². The highest BCUT2D eigenvalue weighted by atomic mass is 79.9. The van der Waals surface area contributed by atoms with Crippen molar-refractivity contribution in [1.29, 1.82) is 0 Å². The molecule has 27 heavy (non-hydrogen) atoms. The van der Waals surface area contributed by atoms with Crippen molar-refractivity contribution in [3.63, 3.8) is 0 Å². The number of nitrogens with zero attached hydrogens (tertiary/aromatic N) is 1. The number of nitrogens with one attached hydrogen (secondary N) is 1. The van der Waals surface area contributed by atoms with Gasteiger partial charge in [-0.2, -0.15) is 0 Å². The van der Waals surface area contributed by atoms with Crippen LogP contribution in [0.15, 0.2) is 41.0 Å². The Labute approximate surface area is 167 Å². The maximum absolute atomic E-state index is 12.6. The van der Waals surface area contributed by atoms with Gasteiger partial charge in [0, 0.05) is 33.9 Å². The number of ether oxygens (including phenoxy) is 1. The summed E-state index contributed by atoms with van der Waals surface area (Å²) in [5.41, 5.74) is -2.22. The number of carbonyl (C=O) groups excluding carboxylic acids is 1. The van der Waals surface area contributed by atoms with Crippen LogP contribution in [0.3, 0.4) is 0 Å². The topological polar surface area (TPSA) is 71.5 Å². The Hall–Kier alpha value is -1.77. The summed E-state index contributed by atoms with van der Waals surface area (Å²) >= 11 is 8.15. The van der Waals surface area contributed by atoms with E-state index in [2.05, 4.69) is 31.0 Å². The number of amides is 1. The summed E-state index contributed by atoms with van der Waals surface area (Å²) < 4.78 is 30.1. The third-order valence-electron chi connectivity index (χ3n) is 4.27. The highest BCUT2D eigenvalue weighted by Crippen LogP contribution is 2.37. The summed E-state index contributed by atoms with van der Waals surface area (Å²) in [4.78, 5) is 16.8. The second-order valence-corrected chi connectivity index (χ2v) is 7.58.